The quantitative estimate of drug-likeness (QED) is 0.665. The standard InChI is InChI=1S/C21H20N2O4/c1-26-21(25)15-9-11-23(12-10-15)20(24)16-7-8-18-17(13-16)19(27-22-18)14-5-3-2-4-6-14/h2-8,13,15H,9-12H2,1H3. The average molecular weight is 364 g/mol. The molecule has 3 aromatic rings. The summed E-state index contributed by atoms with van der Waals surface area (Å²) in [5.41, 5.74) is 2.23. The second-order valence-electron chi connectivity index (χ2n) is 6.70. The number of benzene rings is 2. The van der Waals surface area contributed by atoms with E-state index in [0.717, 1.165) is 16.5 Å². The largest absolute Gasteiger partial charge is 0.469 e. The maximum atomic E-state index is 12.9. The van der Waals surface area contributed by atoms with Crippen LogP contribution in [0.5, 0.6) is 0 Å². The van der Waals surface area contributed by atoms with Crippen LogP contribution in [0.3, 0.4) is 0 Å². The first kappa shape index (κ1) is 17.3. The highest BCUT2D eigenvalue weighted by Crippen LogP contribution is 2.30. The molecule has 1 aliphatic rings. The molecule has 2 heterocycles. The van der Waals surface area contributed by atoms with Crippen molar-refractivity contribution in [3.8, 4) is 11.3 Å². The Morgan fingerprint density at radius 2 is 1.85 bits per heavy atom. The fourth-order valence-electron chi connectivity index (χ4n) is 3.54. The van der Waals surface area contributed by atoms with Crippen molar-refractivity contribution in [1.29, 1.82) is 0 Å². The summed E-state index contributed by atoms with van der Waals surface area (Å²) in [7, 11) is 1.40. The van der Waals surface area contributed by atoms with Gasteiger partial charge in [-0.3, -0.25) is 9.59 Å². The molecule has 138 valence electrons. The van der Waals surface area contributed by atoms with Crippen LogP contribution in [0.1, 0.15) is 23.2 Å². The van der Waals surface area contributed by atoms with Crippen LogP contribution >= 0.6 is 0 Å². The van der Waals surface area contributed by atoms with Crippen molar-refractivity contribution in [3.63, 3.8) is 0 Å². The molecule has 6 nitrogen and oxygen atoms in total. The lowest BCUT2D eigenvalue weighted by Gasteiger charge is -2.30. The van der Waals surface area contributed by atoms with Crippen LogP contribution in [-0.2, 0) is 9.53 Å². The number of aromatic nitrogens is 1. The lowest BCUT2D eigenvalue weighted by atomic mass is 9.96. The molecular formula is C21H20N2O4. The summed E-state index contributed by atoms with van der Waals surface area (Å²) in [6, 6.07) is 15.1. The smallest absolute Gasteiger partial charge is 0.308 e. The lowest BCUT2D eigenvalue weighted by molar-refractivity contribution is -0.146. The van der Waals surface area contributed by atoms with E-state index in [9.17, 15) is 9.59 Å². The van der Waals surface area contributed by atoms with Gasteiger partial charge in [-0.1, -0.05) is 35.5 Å². The fraction of sp³-hybridized carbons (Fsp3) is 0.286. The average Bonchev–Trinajstić information content (AvgIpc) is 3.16. The molecular weight excluding hydrogens is 344 g/mol. The molecule has 1 saturated heterocycles. The van der Waals surface area contributed by atoms with Gasteiger partial charge in [-0.2, -0.15) is 0 Å². The van der Waals surface area contributed by atoms with Gasteiger partial charge in [0.15, 0.2) is 5.76 Å². The van der Waals surface area contributed by atoms with Gasteiger partial charge < -0.3 is 14.2 Å². The van der Waals surface area contributed by atoms with Crippen molar-refractivity contribution >= 4 is 22.8 Å². The molecule has 0 spiro atoms. The summed E-state index contributed by atoms with van der Waals surface area (Å²) < 4.78 is 10.3. The van der Waals surface area contributed by atoms with Gasteiger partial charge in [-0.25, -0.2) is 0 Å². The minimum Gasteiger partial charge on any atom is -0.469 e. The molecule has 0 atom stereocenters. The molecule has 0 saturated carbocycles. The third-order valence-corrected chi connectivity index (χ3v) is 5.08. The van der Waals surface area contributed by atoms with Gasteiger partial charge in [0.25, 0.3) is 5.91 Å². The molecule has 1 aromatic heterocycles. The van der Waals surface area contributed by atoms with Crippen LogP contribution < -0.4 is 0 Å². The molecule has 27 heavy (non-hydrogen) atoms. The number of ether oxygens (including phenoxy) is 1. The van der Waals surface area contributed by atoms with Crippen LogP contribution in [0, 0.1) is 5.92 Å². The summed E-state index contributed by atoms with van der Waals surface area (Å²) in [5.74, 6) is 0.301. The van der Waals surface area contributed by atoms with E-state index in [1.54, 1.807) is 17.0 Å². The number of rotatable bonds is 3. The van der Waals surface area contributed by atoms with Crippen LogP contribution in [0.25, 0.3) is 22.2 Å². The zero-order chi connectivity index (χ0) is 18.8. The zero-order valence-corrected chi connectivity index (χ0v) is 15.1. The van der Waals surface area contributed by atoms with Gasteiger partial charge in [0.2, 0.25) is 0 Å². The zero-order valence-electron chi connectivity index (χ0n) is 15.1. The van der Waals surface area contributed by atoms with E-state index in [-0.39, 0.29) is 17.8 Å². The SMILES string of the molecule is COC(=O)C1CCN(C(=O)c2ccc3noc(-c4ccccc4)c3c2)CC1. The number of hydrogen-bond acceptors (Lipinski definition) is 5. The van der Waals surface area contributed by atoms with Crippen molar-refractivity contribution in [1.82, 2.24) is 10.1 Å². The third-order valence-electron chi connectivity index (χ3n) is 5.08. The molecule has 0 N–H and O–H groups in total. The predicted molar refractivity (Wildman–Crippen MR) is 100 cm³/mol. The van der Waals surface area contributed by atoms with Gasteiger partial charge >= 0.3 is 5.97 Å². The molecule has 1 aliphatic heterocycles. The third kappa shape index (κ3) is 3.30. The van der Waals surface area contributed by atoms with E-state index in [1.807, 2.05) is 36.4 Å². The van der Waals surface area contributed by atoms with E-state index in [1.165, 1.54) is 7.11 Å². The Kier molecular flexibility index (Phi) is 4.62. The van der Waals surface area contributed by atoms with Gasteiger partial charge in [0.1, 0.15) is 5.52 Å². The van der Waals surface area contributed by atoms with Crippen LogP contribution in [-0.4, -0.2) is 42.1 Å². The minimum absolute atomic E-state index is 0.0413. The number of amides is 1. The normalized spacial score (nSPS) is 15.1. The minimum atomic E-state index is -0.194. The Bertz CT molecular complexity index is 972. The van der Waals surface area contributed by atoms with Crippen LogP contribution in [0.4, 0.5) is 0 Å². The summed E-state index contributed by atoms with van der Waals surface area (Å²) in [5, 5.41) is 4.91. The highest BCUT2D eigenvalue weighted by atomic mass is 16.5. The van der Waals surface area contributed by atoms with Gasteiger partial charge in [0, 0.05) is 24.2 Å². The molecule has 4 rings (SSSR count). The summed E-state index contributed by atoms with van der Waals surface area (Å²) in [6.07, 6.45) is 1.26. The second-order valence-corrected chi connectivity index (χ2v) is 6.70. The number of carbonyl (C=O) groups is 2. The molecule has 1 amide bonds. The highest BCUT2D eigenvalue weighted by Gasteiger charge is 2.28. The molecule has 0 radical (unpaired) electrons. The molecule has 6 heteroatoms. The van der Waals surface area contributed by atoms with E-state index in [2.05, 4.69) is 5.16 Å². The Hall–Kier alpha value is -3.15. The number of hydrogen-bond donors (Lipinski definition) is 0. The van der Waals surface area contributed by atoms with Crippen molar-refractivity contribution in [2.45, 2.75) is 12.8 Å². The monoisotopic (exact) mass is 364 g/mol. The first-order valence-corrected chi connectivity index (χ1v) is 8.99. The van der Waals surface area contributed by atoms with Crippen LogP contribution in [0.2, 0.25) is 0 Å². The van der Waals surface area contributed by atoms with Gasteiger partial charge in [-0.15, -0.1) is 0 Å². The molecule has 0 bridgehead atoms. The Morgan fingerprint density at radius 3 is 2.56 bits per heavy atom. The van der Waals surface area contributed by atoms with E-state index >= 15 is 0 Å². The Morgan fingerprint density at radius 1 is 1.11 bits per heavy atom. The number of piperidine rings is 1. The summed E-state index contributed by atoms with van der Waals surface area (Å²) in [4.78, 5) is 26.4. The van der Waals surface area contributed by atoms with Gasteiger partial charge in [0.05, 0.1) is 18.4 Å². The van der Waals surface area contributed by atoms with E-state index < -0.39 is 0 Å². The lowest BCUT2D eigenvalue weighted by Crippen LogP contribution is -2.40. The molecule has 2 aromatic carbocycles. The summed E-state index contributed by atoms with van der Waals surface area (Å²) >= 11 is 0. The molecule has 0 aliphatic carbocycles. The molecule has 1 fully saturated rings. The summed E-state index contributed by atoms with van der Waals surface area (Å²) in [6.45, 7) is 1.09. The molecule has 0 unspecified atom stereocenters. The van der Waals surface area contributed by atoms with Crippen molar-refractivity contribution in [3.05, 3.63) is 54.1 Å². The van der Waals surface area contributed by atoms with Gasteiger partial charge in [-0.05, 0) is 31.0 Å². The van der Waals surface area contributed by atoms with E-state index in [0.29, 0.717) is 37.3 Å². The number of carbonyl (C=O) groups excluding carboxylic acids is 2. The maximum absolute atomic E-state index is 12.9. The first-order valence-electron chi connectivity index (χ1n) is 8.99. The van der Waals surface area contributed by atoms with Crippen molar-refractivity contribution < 1.29 is 18.8 Å². The highest BCUT2D eigenvalue weighted by molar-refractivity contribution is 6.01. The topological polar surface area (TPSA) is 72.6 Å². The second kappa shape index (κ2) is 7.23. The Balaban J connectivity index is 1.57. The number of likely N-dealkylation sites (tertiary alicyclic amines) is 1. The van der Waals surface area contributed by atoms with E-state index in [4.69, 9.17) is 9.26 Å². The number of fused-ring (bicyclic) bond motifs is 1. The predicted octanol–water partition coefficient (Wildman–Crippen LogP) is 3.52. The number of methoxy groups -OCH3 is 1. The number of nitrogens with zero attached hydrogens (tertiary/aromatic N) is 2. The Labute approximate surface area is 156 Å². The van der Waals surface area contributed by atoms with Crippen LogP contribution in [0.15, 0.2) is 53.1 Å². The first-order chi connectivity index (χ1) is 13.2. The van der Waals surface area contributed by atoms with Crippen molar-refractivity contribution in [2.24, 2.45) is 5.92 Å². The number of esters is 1. The fourth-order valence-corrected chi connectivity index (χ4v) is 3.54. The maximum Gasteiger partial charge on any atom is 0.308 e. The van der Waals surface area contributed by atoms with Crippen molar-refractivity contribution in [2.75, 3.05) is 20.2 Å².